The highest BCUT2D eigenvalue weighted by Gasteiger charge is 2.14. The number of aliphatic carboxylic acids is 1. The third kappa shape index (κ3) is 3.64. The fraction of sp³-hybridized carbons (Fsp3) is 0.462. The predicted octanol–water partition coefficient (Wildman–Crippen LogP) is 1.53. The molecule has 0 aliphatic rings. The molecule has 0 aromatic carbocycles. The van der Waals surface area contributed by atoms with Crippen molar-refractivity contribution in [3.8, 4) is 0 Å². The molecule has 2 N–H and O–H groups in total. The van der Waals surface area contributed by atoms with E-state index in [2.05, 4.69) is 9.97 Å². The Bertz CT molecular complexity index is 662. The van der Waals surface area contributed by atoms with E-state index in [9.17, 15) is 9.59 Å². The van der Waals surface area contributed by atoms with Gasteiger partial charge in [-0.3, -0.25) is 14.5 Å². The van der Waals surface area contributed by atoms with E-state index in [0.717, 1.165) is 0 Å². The molecule has 2 aromatic rings. The molecular weight excluding hydrogens is 278 g/mol. The van der Waals surface area contributed by atoms with Crippen molar-refractivity contribution in [2.45, 2.75) is 20.4 Å². The highest BCUT2D eigenvalue weighted by Crippen LogP contribution is 2.14. The Morgan fingerprint density at radius 1 is 1.55 bits per heavy atom. The maximum atomic E-state index is 11.9. The molecule has 0 radical (unpaired) electrons. The van der Waals surface area contributed by atoms with Crippen molar-refractivity contribution >= 4 is 27.5 Å². The molecule has 0 unspecified atom stereocenters. The summed E-state index contributed by atoms with van der Waals surface area (Å²) >= 11 is 1.35. The van der Waals surface area contributed by atoms with Crippen LogP contribution in [0.2, 0.25) is 0 Å². The molecule has 20 heavy (non-hydrogen) atoms. The molecule has 0 aliphatic carbocycles. The van der Waals surface area contributed by atoms with E-state index in [1.807, 2.05) is 19.2 Å². The Morgan fingerprint density at radius 2 is 2.30 bits per heavy atom. The first-order valence-electron chi connectivity index (χ1n) is 6.36. The van der Waals surface area contributed by atoms with Crippen molar-refractivity contribution in [3.05, 3.63) is 27.6 Å². The van der Waals surface area contributed by atoms with Gasteiger partial charge in [0.2, 0.25) is 0 Å². The molecule has 0 saturated heterocycles. The number of rotatable bonds is 6. The maximum Gasteiger partial charge on any atom is 0.317 e. The zero-order chi connectivity index (χ0) is 14.7. The highest BCUT2D eigenvalue weighted by atomic mass is 32.1. The average molecular weight is 295 g/mol. The third-order valence-corrected chi connectivity index (χ3v) is 3.62. The molecule has 2 aromatic heterocycles. The van der Waals surface area contributed by atoms with Crippen LogP contribution in [0.4, 0.5) is 0 Å². The molecule has 2 rings (SSSR count). The molecule has 0 saturated carbocycles. The Hall–Kier alpha value is -1.73. The van der Waals surface area contributed by atoms with Crippen molar-refractivity contribution < 1.29 is 9.90 Å². The minimum absolute atomic E-state index is 0.0659. The zero-order valence-corrected chi connectivity index (χ0v) is 12.2. The molecule has 7 heteroatoms. The number of carboxylic acids is 1. The standard InChI is InChI=1S/C13H17N3O3S/c1-8(2)5-16(7-11(17)18)6-10-14-9-3-4-20-12(9)13(19)15-10/h3-4,8H,5-7H2,1-2H3,(H,17,18)(H,14,15,19). The van der Waals surface area contributed by atoms with Crippen LogP contribution in [-0.2, 0) is 11.3 Å². The van der Waals surface area contributed by atoms with Crippen LogP contribution >= 0.6 is 11.3 Å². The number of carbonyl (C=O) groups is 1. The Labute approximate surface area is 120 Å². The van der Waals surface area contributed by atoms with Gasteiger partial charge in [-0.25, -0.2) is 4.98 Å². The largest absolute Gasteiger partial charge is 0.480 e. The number of nitrogens with one attached hydrogen (secondary N) is 1. The van der Waals surface area contributed by atoms with Gasteiger partial charge in [0.1, 0.15) is 10.5 Å². The molecule has 2 heterocycles. The maximum absolute atomic E-state index is 11.9. The van der Waals surface area contributed by atoms with Crippen LogP contribution in [0, 0.1) is 5.92 Å². The molecule has 0 spiro atoms. The molecule has 0 atom stereocenters. The lowest BCUT2D eigenvalue weighted by Gasteiger charge is -2.21. The van der Waals surface area contributed by atoms with Crippen molar-refractivity contribution in [2.75, 3.05) is 13.1 Å². The zero-order valence-electron chi connectivity index (χ0n) is 11.4. The second-order valence-corrected chi connectivity index (χ2v) is 6.02. The summed E-state index contributed by atoms with van der Waals surface area (Å²) in [5.41, 5.74) is 0.494. The first-order chi connectivity index (χ1) is 9.45. The number of nitrogens with zero attached hydrogens (tertiary/aromatic N) is 2. The van der Waals surface area contributed by atoms with Crippen molar-refractivity contribution in [2.24, 2.45) is 5.92 Å². The number of H-pyrrole nitrogens is 1. The van der Waals surface area contributed by atoms with Gasteiger partial charge in [-0.1, -0.05) is 13.8 Å². The molecule has 108 valence electrons. The van der Waals surface area contributed by atoms with Gasteiger partial charge in [-0.2, -0.15) is 0 Å². The summed E-state index contributed by atoms with van der Waals surface area (Å²) in [5.74, 6) is -0.0432. The highest BCUT2D eigenvalue weighted by molar-refractivity contribution is 7.17. The molecule has 0 bridgehead atoms. The van der Waals surface area contributed by atoms with Crippen molar-refractivity contribution in [3.63, 3.8) is 0 Å². The van der Waals surface area contributed by atoms with E-state index < -0.39 is 5.97 Å². The van der Waals surface area contributed by atoms with E-state index in [1.54, 1.807) is 11.0 Å². The topological polar surface area (TPSA) is 86.3 Å². The number of aromatic amines is 1. The van der Waals surface area contributed by atoms with Gasteiger partial charge in [0.15, 0.2) is 0 Å². The Balaban J connectivity index is 2.22. The lowest BCUT2D eigenvalue weighted by molar-refractivity contribution is -0.138. The van der Waals surface area contributed by atoms with E-state index in [4.69, 9.17) is 5.11 Å². The van der Waals surface area contributed by atoms with E-state index in [1.165, 1.54) is 11.3 Å². The van der Waals surface area contributed by atoms with Crippen LogP contribution in [0.5, 0.6) is 0 Å². The smallest absolute Gasteiger partial charge is 0.317 e. The molecule has 6 nitrogen and oxygen atoms in total. The number of thiophene rings is 1. The Kier molecular flexibility index (Phi) is 4.51. The molecular formula is C13H17N3O3S. The monoisotopic (exact) mass is 295 g/mol. The van der Waals surface area contributed by atoms with Gasteiger partial charge in [-0.05, 0) is 17.4 Å². The summed E-state index contributed by atoms with van der Waals surface area (Å²) in [6.45, 7) is 4.94. The molecule has 0 amide bonds. The van der Waals surface area contributed by atoms with Crippen LogP contribution in [-0.4, -0.2) is 39.0 Å². The fourth-order valence-electron chi connectivity index (χ4n) is 2.10. The normalized spacial score (nSPS) is 11.6. The summed E-state index contributed by atoms with van der Waals surface area (Å²) in [6, 6.07) is 1.79. The van der Waals surface area contributed by atoms with Crippen molar-refractivity contribution in [1.29, 1.82) is 0 Å². The van der Waals surface area contributed by atoms with Gasteiger partial charge in [0.25, 0.3) is 5.56 Å². The summed E-state index contributed by atoms with van der Waals surface area (Å²) in [6.07, 6.45) is 0. The van der Waals surface area contributed by atoms with Crippen LogP contribution < -0.4 is 5.56 Å². The van der Waals surface area contributed by atoms with Gasteiger partial charge >= 0.3 is 5.97 Å². The quantitative estimate of drug-likeness (QED) is 0.844. The van der Waals surface area contributed by atoms with E-state index >= 15 is 0 Å². The molecule has 0 aliphatic heterocycles. The number of carboxylic acid groups (broad SMARTS) is 1. The van der Waals surface area contributed by atoms with Crippen LogP contribution in [0.3, 0.4) is 0 Å². The van der Waals surface area contributed by atoms with Gasteiger partial charge in [0.05, 0.1) is 18.6 Å². The average Bonchev–Trinajstić information content (AvgIpc) is 2.75. The summed E-state index contributed by atoms with van der Waals surface area (Å²) in [4.78, 5) is 31.6. The third-order valence-electron chi connectivity index (χ3n) is 2.72. The van der Waals surface area contributed by atoms with Crippen LogP contribution in [0.1, 0.15) is 19.7 Å². The number of fused-ring (bicyclic) bond motifs is 1. The summed E-state index contributed by atoms with van der Waals surface area (Å²) in [7, 11) is 0. The second-order valence-electron chi connectivity index (χ2n) is 5.10. The Morgan fingerprint density at radius 3 is 2.95 bits per heavy atom. The number of hydrogen-bond acceptors (Lipinski definition) is 5. The van der Waals surface area contributed by atoms with Crippen LogP contribution in [0.25, 0.3) is 10.2 Å². The number of aromatic nitrogens is 2. The number of hydrogen-bond donors (Lipinski definition) is 2. The first-order valence-corrected chi connectivity index (χ1v) is 7.24. The van der Waals surface area contributed by atoms with Gasteiger partial charge in [-0.15, -0.1) is 11.3 Å². The lowest BCUT2D eigenvalue weighted by atomic mass is 10.2. The second kappa shape index (κ2) is 6.15. The minimum Gasteiger partial charge on any atom is -0.480 e. The predicted molar refractivity (Wildman–Crippen MR) is 78.0 cm³/mol. The summed E-state index contributed by atoms with van der Waals surface area (Å²) in [5, 5.41) is 10.8. The minimum atomic E-state index is -0.885. The first kappa shape index (κ1) is 14.7. The van der Waals surface area contributed by atoms with Gasteiger partial charge in [0, 0.05) is 6.54 Å². The molecule has 0 fully saturated rings. The van der Waals surface area contributed by atoms with E-state index in [0.29, 0.717) is 35.0 Å². The van der Waals surface area contributed by atoms with E-state index in [-0.39, 0.29) is 12.1 Å². The van der Waals surface area contributed by atoms with Gasteiger partial charge < -0.3 is 10.1 Å². The SMILES string of the molecule is CC(C)CN(CC(=O)O)Cc1nc2ccsc2c(=O)[nH]1. The summed E-state index contributed by atoms with van der Waals surface area (Å²) < 4.78 is 0.599. The lowest BCUT2D eigenvalue weighted by Crippen LogP contribution is -2.33. The van der Waals surface area contributed by atoms with Crippen LogP contribution in [0.15, 0.2) is 16.2 Å². The van der Waals surface area contributed by atoms with Crippen molar-refractivity contribution in [1.82, 2.24) is 14.9 Å². The fourth-order valence-corrected chi connectivity index (χ4v) is 2.83.